The zero-order valence-electron chi connectivity index (χ0n) is 10.1. The first-order valence-corrected chi connectivity index (χ1v) is 7.15. The quantitative estimate of drug-likeness (QED) is 0.885. The van der Waals surface area contributed by atoms with Crippen molar-refractivity contribution in [2.24, 2.45) is 0 Å². The summed E-state index contributed by atoms with van der Waals surface area (Å²) < 4.78 is 7.53. The number of aromatic nitrogens is 2. The minimum atomic E-state index is 0.389. The van der Waals surface area contributed by atoms with Crippen molar-refractivity contribution >= 4 is 31.9 Å². The topological polar surface area (TPSA) is 51.0 Å². The van der Waals surface area contributed by atoms with E-state index >= 15 is 0 Å². The van der Waals surface area contributed by atoms with Gasteiger partial charge < -0.3 is 9.73 Å². The maximum atomic E-state index is 5.60. The van der Waals surface area contributed by atoms with Crippen LogP contribution >= 0.6 is 31.9 Å². The smallest absolute Gasteiger partial charge is 0.247 e. The largest absolute Gasteiger partial charge is 0.419 e. The van der Waals surface area contributed by atoms with Gasteiger partial charge in [-0.15, -0.1) is 10.2 Å². The molecular weight excluding hydrogens is 362 g/mol. The van der Waals surface area contributed by atoms with Crippen LogP contribution in [0.4, 0.5) is 0 Å². The maximum absolute atomic E-state index is 5.60. The molecule has 0 saturated heterocycles. The molecular formula is C12H13Br2N3O. The standard InChI is InChI=1S/C12H13Br2N3O/c1-7(2)15-6-11-16-17-12(18-11)8-3-9(13)5-10(14)4-8/h3-5,7,15H,6H2,1-2H3. The molecule has 1 aromatic carbocycles. The highest BCUT2D eigenvalue weighted by atomic mass is 79.9. The minimum absolute atomic E-state index is 0.389. The Balaban J connectivity index is 2.18. The van der Waals surface area contributed by atoms with E-state index in [1.54, 1.807) is 0 Å². The van der Waals surface area contributed by atoms with Gasteiger partial charge in [-0.1, -0.05) is 45.7 Å². The molecule has 2 aromatic rings. The average molecular weight is 375 g/mol. The molecule has 4 nitrogen and oxygen atoms in total. The minimum Gasteiger partial charge on any atom is -0.419 e. The number of nitrogens with one attached hydrogen (secondary N) is 1. The highest BCUT2D eigenvalue weighted by molar-refractivity contribution is 9.11. The van der Waals surface area contributed by atoms with Crippen LogP contribution in [0.25, 0.3) is 11.5 Å². The van der Waals surface area contributed by atoms with Gasteiger partial charge in [-0.25, -0.2) is 0 Å². The molecule has 0 bridgehead atoms. The van der Waals surface area contributed by atoms with Gasteiger partial charge in [0.25, 0.3) is 0 Å². The van der Waals surface area contributed by atoms with Gasteiger partial charge in [-0.2, -0.15) is 0 Å². The second-order valence-corrected chi connectivity index (χ2v) is 6.03. The van der Waals surface area contributed by atoms with Crippen LogP contribution in [-0.4, -0.2) is 16.2 Å². The molecule has 0 aliphatic rings. The van der Waals surface area contributed by atoms with Crippen molar-refractivity contribution in [3.63, 3.8) is 0 Å². The number of rotatable bonds is 4. The van der Waals surface area contributed by atoms with Gasteiger partial charge in [0.1, 0.15) is 0 Å². The van der Waals surface area contributed by atoms with E-state index in [0.717, 1.165) is 14.5 Å². The van der Waals surface area contributed by atoms with E-state index in [-0.39, 0.29) is 0 Å². The molecule has 6 heteroatoms. The van der Waals surface area contributed by atoms with Crippen molar-refractivity contribution in [3.05, 3.63) is 33.0 Å². The lowest BCUT2D eigenvalue weighted by molar-refractivity contribution is 0.459. The lowest BCUT2D eigenvalue weighted by Gasteiger charge is -2.03. The summed E-state index contributed by atoms with van der Waals surface area (Å²) in [6, 6.07) is 6.23. The highest BCUT2D eigenvalue weighted by Crippen LogP contribution is 2.26. The first-order chi connectivity index (χ1) is 8.54. The van der Waals surface area contributed by atoms with Gasteiger partial charge in [-0.3, -0.25) is 0 Å². The van der Waals surface area contributed by atoms with Gasteiger partial charge in [-0.05, 0) is 18.2 Å². The predicted octanol–water partition coefficient (Wildman–Crippen LogP) is 3.76. The summed E-state index contributed by atoms with van der Waals surface area (Å²) in [6.45, 7) is 4.73. The lowest BCUT2D eigenvalue weighted by Crippen LogP contribution is -2.21. The van der Waals surface area contributed by atoms with Crippen LogP contribution in [0, 0.1) is 0 Å². The maximum Gasteiger partial charge on any atom is 0.247 e. The van der Waals surface area contributed by atoms with Crippen LogP contribution in [0.2, 0.25) is 0 Å². The average Bonchev–Trinajstić information content (AvgIpc) is 2.73. The fraction of sp³-hybridized carbons (Fsp3) is 0.333. The van der Waals surface area contributed by atoms with Gasteiger partial charge in [0.05, 0.1) is 6.54 Å². The summed E-state index contributed by atoms with van der Waals surface area (Å²) in [4.78, 5) is 0. The molecule has 1 heterocycles. The van der Waals surface area contributed by atoms with E-state index in [0.29, 0.717) is 24.4 Å². The highest BCUT2D eigenvalue weighted by Gasteiger charge is 2.10. The zero-order chi connectivity index (χ0) is 13.1. The summed E-state index contributed by atoms with van der Waals surface area (Å²) in [5.74, 6) is 1.12. The monoisotopic (exact) mass is 373 g/mol. The predicted molar refractivity (Wildman–Crippen MR) is 77.1 cm³/mol. The summed E-state index contributed by atoms with van der Waals surface area (Å²) in [7, 11) is 0. The van der Waals surface area contributed by atoms with Crippen molar-refractivity contribution in [1.29, 1.82) is 0 Å². The van der Waals surface area contributed by atoms with E-state index in [2.05, 4.69) is 61.2 Å². The SMILES string of the molecule is CC(C)NCc1nnc(-c2cc(Br)cc(Br)c2)o1. The summed E-state index contributed by atoms with van der Waals surface area (Å²) in [5.41, 5.74) is 0.888. The molecule has 1 N–H and O–H groups in total. The second-order valence-electron chi connectivity index (χ2n) is 4.19. The first-order valence-electron chi connectivity index (χ1n) is 5.57. The molecule has 0 aliphatic carbocycles. The Morgan fingerprint density at radius 2 is 1.83 bits per heavy atom. The third kappa shape index (κ3) is 3.63. The van der Waals surface area contributed by atoms with Crippen LogP contribution in [0.15, 0.2) is 31.6 Å². The van der Waals surface area contributed by atoms with Crippen molar-refractivity contribution < 1.29 is 4.42 Å². The Labute approximate surface area is 122 Å². The summed E-state index contributed by atoms with van der Waals surface area (Å²) in [6.07, 6.45) is 0. The molecule has 96 valence electrons. The molecule has 0 saturated carbocycles. The van der Waals surface area contributed by atoms with E-state index in [9.17, 15) is 0 Å². The van der Waals surface area contributed by atoms with E-state index < -0.39 is 0 Å². The van der Waals surface area contributed by atoms with Gasteiger partial charge >= 0.3 is 0 Å². The third-order valence-corrected chi connectivity index (χ3v) is 3.15. The van der Waals surface area contributed by atoms with Crippen LogP contribution in [0.5, 0.6) is 0 Å². The van der Waals surface area contributed by atoms with Crippen molar-refractivity contribution in [2.45, 2.75) is 26.4 Å². The number of halogens is 2. The van der Waals surface area contributed by atoms with Gasteiger partial charge in [0, 0.05) is 20.6 Å². The molecule has 0 atom stereocenters. The lowest BCUT2D eigenvalue weighted by atomic mass is 10.2. The van der Waals surface area contributed by atoms with Crippen LogP contribution in [0.1, 0.15) is 19.7 Å². The van der Waals surface area contributed by atoms with E-state index in [1.165, 1.54) is 0 Å². The number of benzene rings is 1. The molecule has 0 fully saturated rings. The summed E-state index contributed by atoms with van der Waals surface area (Å²) in [5, 5.41) is 11.3. The van der Waals surface area contributed by atoms with Crippen molar-refractivity contribution in [3.8, 4) is 11.5 Å². The van der Waals surface area contributed by atoms with Gasteiger partial charge in [0.2, 0.25) is 11.8 Å². The van der Waals surface area contributed by atoms with Crippen LogP contribution in [0.3, 0.4) is 0 Å². The number of hydrogen-bond donors (Lipinski definition) is 1. The summed E-state index contributed by atoms with van der Waals surface area (Å²) >= 11 is 6.87. The molecule has 0 spiro atoms. The Kier molecular flexibility index (Phi) is 4.53. The molecule has 1 aromatic heterocycles. The molecule has 2 rings (SSSR count). The zero-order valence-corrected chi connectivity index (χ0v) is 13.2. The van der Waals surface area contributed by atoms with E-state index in [1.807, 2.05) is 18.2 Å². The number of hydrogen-bond acceptors (Lipinski definition) is 4. The van der Waals surface area contributed by atoms with Crippen molar-refractivity contribution in [2.75, 3.05) is 0 Å². The normalized spacial score (nSPS) is 11.2. The molecule has 18 heavy (non-hydrogen) atoms. The second kappa shape index (κ2) is 5.95. The molecule has 0 unspecified atom stereocenters. The Morgan fingerprint density at radius 3 is 2.44 bits per heavy atom. The van der Waals surface area contributed by atoms with E-state index in [4.69, 9.17) is 4.42 Å². The fourth-order valence-corrected chi connectivity index (χ4v) is 2.70. The van der Waals surface area contributed by atoms with Gasteiger partial charge in [0.15, 0.2) is 0 Å². The first kappa shape index (κ1) is 13.7. The third-order valence-electron chi connectivity index (χ3n) is 2.24. The molecule has 0 amide bonds. The number of nitrogens with zero attached hydrogens (tertiary/aromatic N) is 2. The Morgan fingerprint density at radius 1 is 1.17 bits per heavy atom. The fourth-order valence-electron chi connectivity index (χ4n) is 1.41. The molecule has 0 radical (unpaired) electrons. The Bertz CT molecular complexity index is 520. The Hall–Kier alpha value is -0.720. The molecule has 0 aliphatic heterocycles. The van der Waals surface area contributed by atoms with Crippen LogP contribution < -0.4 is 5.32 Å². The van der Waals surface area contributed by atoms with Crippen molar-refractivity contribution in [1.82, 2.24) is 15.5 Å². The van der Waals surface area contributed by atoms with Crippen LogP contribution in [-0.2, 0) is 6.54 Å².